The van der Waals surface area contributed by atoms with Gasteiger partial charge in [0.25, 0.3) is 0 Å². The quantitative estimate of drug-likeness (QED) is 0.724. The first kappa shape index (κ1) is 15.4. The molecular formula is C13H20O4. The molecular weight excluding hydrogens is 220 g/mol. The summed E-state index contributed by atoms with van der Waals surface area (Å²) in [6.45, 7) is 10.7. The van der Waals surface area contributed by atoms with Gasteiger partial charge in [0.15, 0.2) is 0 Å². The van der Waals surface area contributed by atoms with E-state index >= 15 is 0 Å². The highest BCUT2D eigenvalue weighted by Gasteiger charge is 2.28. The van der Waals surface area contributed by atoms with Gasteiger partial charge in [-0.2, -0.15) is 0 Å². The maximum absolute atomic E-state index is 10.1. The number of aliphatic carboxylic acids is 2. The molecule has 96 valence electrons. The number of carboxylic acid groups (broad SMARTS) is 2. The molecule has 2 N–H and O–H groups in total. The Labute approximate surface area is 102 Å². The fourth-order valence-electron chi connectivity index (χ4n) is 1.19. The van der Waals surface area contributed by atoms with Crippen LogP contribution in [0.4, 0.5) is 0 Å². The Kier molecular flexibility index (Phi) is 6.25. The van der Waals surface area contributed by atoms with E-state index in [-0.39, 0.29) is 0 Å². The first-order chi connectivity index (χ1) is 7.75. The molecule has 0 aliphatic heterocycles. The van der Waals surface area contributed by atoms with Crippen molar-refractivity contribution in [1.82, 2.24) is 0 Å². The molecule has 1 saturated carbocycles. The van der Waals surface area contributed by atoms with Crippen molar-refractivity contribution in [3.8, 4) is 0 Å². The predicted octanol–water partition coefficient (Wildman–Crippen LogP) is 2.71. The molecule has 1 fully saturated rings. The molecule has 0 unspecified atom stereocenters. The van der Waals surface area contributed by atoms with Gasteiger partial charge in [0.2, 0.25) is 0 Å². The molecule has 1 aliphatic rings. The lowest BCUT2D eigenvalue weighted by Gasteiger charge is -2.01. The molecule has 0 heterocycles. The molecule has 0 aromatic rings. The van der Waals surface area contributed by atoms with E-state index in [2.05, 4.69) is 13.2 Å². The Balaban J connectivity index is 0.000000302. The van der Waals surface area contributed by atoms with E-state index < -0.39 is 11.9 Å². The Hall–Kier alpha value is -1.58. The van der Waals surface area contributed by atoms with E-state index in [9.17, 15) is 9.59 Å². The number of rotatable bonds is 5. The molecule has 0 aromatic heterocycles. The summed E-state index contributed by atoms with van der Waals surface area (Å²) in [5.41, 5.74) is 0.676. The first-order valence-electron chi connectivity index (χ1n) is 5.58. The van der Waals surface area contributed by atoms with Gasteiger partial charge in [-0.05, 0) is 31.1 Å². The Bertz CT molecular complexity index is 324. The zero-order valence-corrected chi connectivity index (χ0v) is 10.4. The van der Waals surface area contributed by atoms with Crippen LogP contribution in [0.1, 0.15) is 33.1 Å². The lowest BCUT2D eigenvalue weighted by atomic mass is 10.1. The highest BCUT2D eigenvalue weighted by atomic mass is 16.4. The van der Waals surface area contributed by atoms with Gasteiger partial charge in [-0.15, -0.1) is 0 Å². The lowest BCUT2D eigenvalue weighted by Crippen LogP contribution is -2.01. The third-order valence-electron chi connectivity index (χ3n) is 2.30. The van der Waals surface area contributed by atoms with Gasteiger partial charge in [0, 0.05) is 11.1 Å². The van der Waals surface area contributed by atoms with Gasteiger partial charge >= 0.3 is 11.9 Å². The Morgan fingerprint density at radius 1 is 1.18 bits per heavy atom. The molecule has 4 heteroatoms. The van der Waals surface area contributed by atoms with Crippen LogP contribution in [0, 0.1) is 11.8 Å². The minimum Gasteiger partial charge on any atom is -0.478 e. The van der Waals surface area contributed by atoms with Gasteiger partial charge in [0.05, 0.1) is 0 Å². The lowest BCUT2D eigenvalue weighted by molar-refractivity contribution is -0.133. The van der Waals surface area contributed by atoms with Gasteiger partial charge in [-0.1, -0.05) is 27.0 Å². The Morgan fingerprint density at radius 3 is 1.76 bits per heavy atom. The fraction of sp³-hybridized carbons (Fsp3) is 0.538. The van der Waals surface area contributed by atoms with E-state index in [0.29, 0.717) is 29.4 Å². The summed E-state index contributed by atoms with van der Waals surface area (Å²) in [6.07, 6.45) is 2.62. The number of hydrogen-bond acceptors (Lipinski definition) is 2. The van der Waals surface area contributed by atoms with E-state index in [1.807, 2.05) is 13.8 Å². The van der Waals surface area contributed by atoms with Crippen molar-refractivity contribution in [3.63, 3.8) is 0 Å². The molecule has 0 saturated heterocycles. The summed E-state index contributed by atoms with van der Waals surface area (Å²) < 4.78 is 0. The molecule has 0 aromatic carbocycles. The van der Waals surface area contributed by atoms with E-state index in [1.54, 1.807) is 0 Å². The van der Waals surface area contributed by atoms with Crippen molar-refractivity contribution in [2.75, 3.05) is 0 Å². The minimum absolute atomic E-state index is 0.296. The van der Waals surface area contributed by atoms with E-state index in [1.165, 1.54) is 0 Å². The standard InChI is InChI=1S/C7H12O2.C6H8O2/c1-5(2)4-6(3)7(8)9;1-4(6(7)8)5-2-3-5/h5H,3-4H2,1-2H3,(H,8,9);5H,1-3H2,(H,7,8). The van der Waals surface area contributed by atoms with Crippen molar-refractivity contribution >= 4 is 11.9 Å². The topological polar surface area (TPSA) is 74.6 Å². The van der Waals surface area contributed by atoms with Gasteiger partial charge in [-0.3, -0.25) is 0 Å². The number of carbonyl (C=O) groups is 2. The van der Waals surface area contributed by atoms with Crippen LogP contribution in [0.2, 0.25) is 0 Å². The molecule has 0 radical (unpaired) electrons. The third kappa shape index (κ3) is 7.33. The largest absolute Gasteiger partial charge is 0.478 e. The maximum atomic E-state index is 10.1. The van der Waals surface area contributed by atoms with Crippen molar-refractivity contribution in [3.05, 3.63) is 24.3 Å². The Morgan fingerprint density at radius 2 is 1.65 bits per heavy atom. The monoisotopic (exact) mass is 240 g/mol. The van der Waals surface area contributed by atoms with Gasteiger partial charge < -0.3 is 10.2 Å². The molecule has 0 atom stereocenters. The predicted molar refractivity (Wildman–Crippen MR) is 65.7 cm³/mol. The van der Waals surface area contributed by atoms with Crippen LogP contribution >= 0.6 is 0 Å². The molecule has 17 heavy (non-hydrogen) atoms. The van der Waals surface area contributed by atoms with Crippen molar-refractivity contribution in [2.45, 2.75) is 33.1 Å². The first-order valence-corrected chi connectivity index (χ1v) is 5.58. The number of carboxylic acids is 2. The fourth-order valence-corrected chi connectivity index (χ4v) is 1.19. The highest BCUT2D eigenvalue weighted by molar-refractivity contribution is 5.87. The normalized spacial score (nSPS) is 13.6. The van der Waals surface area contributed by atoms with Crippen LogP contribution < -0.4 is 0 Å². The van der Waals surface area contributed by atoms with Gasteiger partial charge in [-0.25, -0.2) is 9.59 Å². The SMILES string of the molecule is C=C(C(=O)O)C1CC1.C=C(CC(C)C)C(=O)O. The molecule has 0 amide bonds. The summed E-state index contributed by atoms with van der Waals surface area (Å²) in [6, 6.07) is 0. The highest BCUT2D eigenvalue weighted by Crippen LogP contribution is 2.35. The molecule has 1 rings (SSSR count). The van der Waals surface area contributed by atoms with Crippen LogP contribution in [0.3, 0.4) is 0 Å². The summed E-state index contributed by atoms with van der Waals surface area (Å²) in [7, 11) is 0. The summed E-state index contributed by atoms with van der Waals surface area (Å²) in [5, 5.41) is 16.6. The molecule has 4 nitrogen and oxygen atoms in total. The molecule has 1 aliphatic carbocycles. The van der Waals surface area contributed by atoms with Crippen LogP contribution in [0.5, 0.6) is 0 Å². The van der Waals surface area contributed by atoms with Crippen molar-refractivity contribution in [2.24, 2.45) is 11.8 Å². The summed E-state index contributed by atoms with van der Waals surface area (Å²) in [5.74, 6) is -1.04. The average Bonchev–Trinajstić information content (AvgIpc) is 2.99. The van der Waals surface area contributed by atoms with Crippen LogP contribution in [-0.2, 0) is 9.59 Å². The second-order valence-corrected chi connectivity index (χ2v) is 4.61. The van der Waals surface area contributed by atoms with Crippen molar-refractivity contribution < 1.29 is 19.8 Å². The number of hydrogen-bond donors (Lipinski definition) is 2. The third-order valence-corrected chi connectivity index (χ3v) is 2.30. The smallest absolute Gasteiger partial charge is 0.331 e. The molecule has 0 bridgehead atoms. The second kappa shape index (κ2) is 6.89. The van der Waals surface area contributed by atoms with Crippen LogP contribution in [0.15, 0.2) is 24.3 Å². The zero-order valence-electron chi connectivity index (χ0n) is 10.4. The van der Waals surface area contributed by atoms with Crippen LogP contribution in [0.25, 0.3) is 0 Å². The average molecular weight is 240 g/mol. The van der Waals surface area contributed by atoms with E-state index in [0.717, 1.165) is 12.8 Å². The second-order valence-electron chi connectivity index (χ2n) is 4.61. The summed E-state index contributed by atoms with van der Waals surface area (Å²) >= 11 is 0. The summed E-state index contributed by atoms with van der Waals surface area (Å²) in [4.78, 5) is 20.2. The van der Waals surface area contributed by atoms with Crippen LogP contribution in [-0.4, -0.2) is 22.2 Å². The van der Waals surface area contributed by atoms with Crippen molar-refractivity contribution in [1.29, 1.82) is 0 Å². The molecule has 0 spiro atoms. The maximum Gasteiger partial charge on any atom is 0.331 e. The van der Waals surface area contributed by atoms with Gasteiger partial charge in [0.1, 0.15) is 0 Å². The minimum atomic E-state index is -0.885. The van der Waals surface area contributed by atoms with E-state index in [4.69, 9.17) is 10.2 Å². The zero-order chi connectivity index (χ0) is 13.6.